The predicted octanol–water partition coefficient (Wildman–Crippen LogP) is 2.89. The number of carbonyl (C=O) groups is 2. The summed E-state index contributed by atoms with van der Waals surface area (Å²) in [6.07, 6.45) is -0.544. The van der Waals surface area contributed by atoms with Crippen molar-refractivity contribution >= 4 is 29.1 Å². The van der Waals surface area contributed by atoms with E-state index in [0.717, 1.165) is 0 Å². The van der Waals surface area contributed by atoms with Gasteiger partial charge in [-0.05, 0) is 31.2 Å². The van der Waals surface area contributed by atoms with Crippen LogP contribution in [0.25, 0.3) is 0 Å². The molecule has 1 saturated heterocycles. The smallest absolute Gasteiger partial charge is 0.263 e. The lowest BCUT2D eigenvalue weighted by molar-refractivity contribution is -0.139. The fourth-order valence-corrected chi connectivity index (χ4v) is 3.28. The molecule has 1 aliphatic heterocycles. The SMILES string of the molecule is C[C@@H](Oc1ccccc1)C(=O)N1CCN(CC(=O)Nc2ccccc2Cl)CC1. The van der Waals surface area contributed by atoms with Gasteiger partial charge in [0.15, 0.2) is 6.10 Å². The number of ether oxygens (including phenoxy) is 1. The predicted molar refractivity (Wildman–Crippen MR) is 110 cm³/mol. The number of benzene rings is 2. The van der Waals surface area contributed by atoms with E-state index in [4.69, 9.17) is 16.3 Å². The highest BCUT2D eigenvalue weighted by atomic mass is 35.5. The average Bonchev–Trinajstić information content (AvgIpc) is 2.70. The number of piperazine rings is 1. The first-order chi connectivity index (χ1) is 13.5. The molecule has 0 saturated carbocycles. The summed E-state index contributed by atoms with van der Waals surface area (Å²) in [4.78, 5) is 28.7. The number of rotatable bonds is 6. The minimum atomic E-state index is -0.544. The molecule has 148 valence electrons. The fraction of sp³-hybridized carbons (Fsp3) is 0.333. The molecule has 0 radical (unpaired) electrons. The Hall–Kier alpha value is -2.57. The summed E-state index contributed by atoms with van der Waals surface area (Å²) >= 11 is 6.07. The van der Waals surface area contributed by atoms with Gasteiger partial charge in [0.25, 0.3) is 5.91 Å². The molecule has 1 heterocycles. The second kappa shape index (κ2) is 9.57. The van der Waals surface area contributed by atoms with Crippen molar-refractivity contribution in [1.82, 2.24) is 9.80 Å². The zero-order valence-corrected chi connectivity index (χ0v) is 16.6. The number of amides is 2. The Morgan fingerprint density at radius 3 is 2.36 bits per heavy atom. The van der Waals surface area contributed by atoms with Crippen LogP contribution in [0.4, 0.5) is 5.69 Å². The quantitative estimate of drug-likeness (QED) is 0.808. The van der Waals surface area contributed by atoms with Gasteiger partial charge in [-0.15, -0.1) is 0 Å². The average molecular weight is 402 g/mol. The first-order valence-electron chi connectivity index (χ1n) is 9.30. The summed E-state index contributed by atoms with van der Waals surface area (Å²) in [5.41, 5.74) is 0.606. The third-order valence-electron chi connectivity index (χ3n) is 4.60. The molecule has 0 unspecified atom stereocenters. The van der Waals surface area contributed by atoms with Gasteiger partial charge < -0.3 is 15.0 Å². The highest BCUT2D eigenvalue weighted by Gasteiger charge is 2.26. The Kier molecular flexibility index (Phi) is 6.90. The molecule has 6 nitrogen and oxygen atoms in total. The van der Waals surface area contributed by atoms with Gasteiger partial charge in [-0.3, -0.25) is 14.5 Å². The van der Waals surface area contributed by atoms with Gasteiger partial charge in [-0.25, -0.2) is 0 Å². The molecule has 1 N–H and O–H groups in total. The number of halogens is 1. The van der Waals surface area contributed by atoms with Gasteiger partial charge in [-0.1, -0.05) is 41.9 Å². The molecule has 2 amide bonds. The van der Waals surface area contributed by atoms with E-state index in [-0.39, 0.29) is 18.4 Å². The second-order valence-corrected chi connectivity index (χ2v) is 7.11. The molecule has 0 aliphatic carbocycles. The Morgan fingerprint density at radius 1 is 1.04 bits per heavy atom. The van der Waals surface area contributed by atoms with E-state index < -0.39 is 6.10 Å². The van der Waals surface area contributed by atoms with Crippen LogP contribution < -0.4 is 10.1 Å². The first-order valence-corrected chi connectivity index (χ1v) is 9.68. The van der Waals surface area contributed by atoms with Gasteiger partial charge >= 0.3 is 0 Å². The molecule has 3 rings (SSSR count). The molecule has 1 atom stereocenters. The summed E-state index contributed by atoms with van der Waals surface area (Å²) in [6.45, 7) is 4.45. The lowest BCUT2D eigenvalue weighted by atomic mass is 10.2. The van der Waals surface area contributed by atoms with Crippen molar-refractivity contribution in [2.24, 2.45) is 0 Å². The van der Waals surface area contributed by atoms with Crippen molar-refractivity contribution in [2.75, 3.05) is 38.0 Å². The normalized spacial score (nSPS) is 15.7. The summed E-state index contributed by atoms with van der Waals surface area (Å²) in [5.74, 6) is 0.524. The van der Waals surface area contributed by atoms with E-state index in [9.17, 15) is 9.59 Å². The number of carbonyl (C=O) groups excluding carboxylic acids is 2. The summed E-state index contributed by atoms with van der Waals surface area (Å²) in [5, 5.41) is 3.34. The zero-order valence-electron chi connectivity index (χ0n) is 15.8. The van der Waals surface area contributed by atoms with Gasteiger partial charge in [0.1, 0.15) is 5.75 Å². The van der Waals surface area contributed by atoms with E-state index in [1.165, 1.54) is 0 Å². The third-order valence-corrected chi connectivity index (χ3v) is 4.93. The molecular formula is C21H24ClN3O3. The number of para-hydroxylation sites is 2. The molecule has 1 aliphatic rings. The van der Waals surface area contributed by atoms with E-state index in [1.807, 2.05) is 47.4 Å². The molecule has 0 aromatic heterocycles. The number of nitrogens with one attached hydrogen (secondary N) is 1. The second-order valence-electron chi connectivity index (χ2n) is 6.70. The molecule has 28 heavy (non-hydrogen) atoms. The third kappa shape index (κ3) is 5.47. The minimum absolute atomic E-state index is 0.0379. The fourth-order valence-electron chi connectivity index (χ4n) is 3.09. The van der Waals surface area contributed by atoms with E-state index >= 15 is 0 Å². The molecular weight excluding hydrogens is 378 g/mol. The highest BCUT2D eigenvalue weighted by Crippen LogP contribution is 2.20. The molecule has 2 aromatic rings. The van der Waals surface area contributed by atoms with Crippen LogP contribution in [-0.2, 0) is 9.59 Å². The molecule has 1 fully saturated rings. The number of hydrogen-bond donors (Lipinski definition) is 1. The van der Waals surface area contributed by atoms with Crippen molar-refractivity contribution in [3.05, 3.63) is 59.6 Å². The van der Waals surface area contributed by atoms with Gasteiger partial charge in [0.2, 0.25) is 5.91 Å². The van der Waals surface area contributed by atoms with Crippen molar-refractivity contribution in [1.29, 1.82) is 0 Å². The minimum Gasteiger partial charge on any atom is -0.481 e. The number of anilines is 1. The van der Waals surface area contributed by atoms with E-state index in [0.29, 0.717) is 42.6 Å². The van der Waals surface area contributed by atoms with Crippen molar-refractivity contribution in [3.63, 3.8) is 0 Å². The van der Waals surface area contributed by atoms with Gasteiger partial charge in [0, 0.05) is 26.2 Å². The number of nitrogens with zero attached hydrogens (tertiary/aromatic N) is 2. The van der Waals surface area contributed by atoms with Crippen molar-refractivity contribution < 1.29 is 14.3 Å². The Morgan fingerprint density at radius 2 is 1.68 bits per heavy atom. The van der Waals surface area contributed by atoms with E-state index in [2.05, 4.69) is 5.32 Å². The van der Waals surface area contributed by atoms with Crippen LogP contribution in [0.5, 0.6) is 5.75 Å². The van der Waals surface area contributed by atoms with Crippen LogP contribution in [0.2, 0.25) is 5.02 Å². The lowest BCUT2D eigenvalue weighted by Gasteiger charge is -2.35. The summed E-state index contributed by atoms with van der Waals surface area (Å²) in [6, 6.07) is 16.5. The zero-order chi connectivity index (χ0) is 19.9. The molecule has 7 heteroatoms. The maximum Gasteiger partial charge on any atom is 0.263 e. The Balaban J connectivity index is 1.44. The van der Waals surface area contributed by atoms with Crippen LogP contribution >= 0.6 is 11.6 Å². The topological polar surface area (TPSA) is 61.9 Å². The molecule has 2 aromatic carbocycles. The van der Waals surface area contributed by atoms with Crippen LogP contribution in [0, 0.1) is 0 Å². The maximum atomic E-state index is 12.6. The lowest BCUT2D eigenvalue weighted by Crippen LogP contribution is -2.53. The van der Waals surface area contributed by atoms with Crippen molar-refractivity contribution in [2.45, 2.75) is 13.0 Å². The van der Waals surface area contributed by atoms with Gasteiger partial charge in [0.05, 0.1) is 17.3 Å². The van der Waals surface area contributed by atoms with Crippen LogP contribution in [-0.4, -0.2) is 60.4 Å². The largest absolute Gasteiger partial charge is 0.481 e. The highest BCUT2D eigenvalue weighted by molar-refractivity contribution is 6.33. The van der Waals surface area contributed by atoms with Crippen LogP contribution in [0.3, 0.4) is 0 Å². The standard InChI is InChI=1S/C21H24ClN3O3/c1-16(28-17-7-3-2-4-8-17)21(27)25-13-11-24(12-14-25)15-20(26)23-19-10-6-5-9-18(19)22/h2-10,16H,11-15H2,1H3,(H,23,26)/t16-/m1/s1. The molecule has 0 bridgehead atoms. The maximum absolute atomic E-state index is 12.6. The Labute approximate surface area is 170 Å². The monoisotopic (exact) mass is 401 g/mol. The van der Waals surface area contributed by atoms with E-state index in [1.54, 1.807) is 24.0 Å². The molecule has 0 spiro atoms. The first kappa shape index (κ1) is 20.2. The van der Waals surface area contributed by atoms with Crippen LogP contribution in [0.1, 0.15) is 6.92 Å². The van der Waals surface area contributed by atoms with Crippen LogP contribution in [0.15, 0.2) is 54.6 Å². The Bertz CT molecular complexity index is 808. The number of hydrogen-bond acceptors (Lipinski definition) is 4. The summed E-state index contributed by atoms with van der Waals surface area (Å²) in [7, 11) is 0. The van der Waals surface area contributed by atoms with Crippen molar-refractivity contribution in [3.8, 4) is 5.75 Å². The van der Waals surface area contributed by atoms with Gasteiger partial charge in [-0.2, -0.15) is 0 Å². The summed E-state index contributed by atoms with van der Waals surface area (Å²) < 4.78 is 5.72.